The molecule has 1 aromatic heterocycles. The highest BCUT2D eigenvalue weighted by Crippen LogP contribution is 2.18. The predicted octanol–water partition coefficient (Wildman–Crippen LogP) is 2.34. The van der Waals surface area contributed by atoms with Crippen molar-refractivity contribution in [3.8, 4) is 11.6 Å². The molecule has 0 aliphatic heterocycles. The maximum Gasteiger partial charge on any atom is 0.215 e. The Morgan fingerprint density at radius 3 is 2.92 bits per heavy atom. The van der Waals surface area contributed by atoms with E-state index < -0.39 is 0 Å². The molecule has 2 rings (SSSR count). The van der Waals surface area contributed by atoms with Crippen LogP contribution in [0.4, 0.5) is 4.39 Å². The molecule has 1 N–H and O–H groups in total. The van der Waals surface area contributed by atoms with E-state index in [9.17, 15) is 4.39 Å². The molecular formula is C9H7FN2O. The maximum absolute atomic E-state index is 12.7. The van der Waals surface area contributed by atoms with Crippen molar-refractivity contribution in [3.63, 3.8) is 0 Å². The van der Waals surface area contributed by atoms with Crippen molar-refractivity contribution in [3.05, 3.63) is 42.3 Å². The number of benzene rings is 1. The van der Waals surface area contributed by atoms with Crippen molar-refractivity contribution in [2.75, 3.05) is 0 Å². The normalized spacial score (nSPS) is 9.92. The molecule has 0 saturated carbocycles. The highest BCUT2D eigenvalue weighted by atomic mass is 19.1. The van der Waals surface area contributed by atoms with Gasteiger partial charge in [-0.25, -0.2) is 9.49 Å². The van der Waals surface area contributed by atoms with Gasteiger partial charge in [0.05, 0.1) is 6.20 Å². The van der Waals surface area contributed by atoms with Crippen molar-refractivity contribution >= 4 is 0 Å². The molecule has 0 unspecified atom stereocenters. The quantitative estimate of drug-likeness (QED) is 0.766. The van der Waals surface area contributed by atoms with Crippen LogP contribution in [0.1, 0.15) is 0 Å². The van der Waals surface area contributed by atoms with Gasteiger partial charge in [-0.3, -0.25) is 0 Å². The lowest BCUT2D eigenvalue weighted by Gasteiger charge is -2.00. The van der Waals surface area contributed by atoms with Crippen LogP contribution >= 0.6 is 0 Å². The van der Waals surface area contributed by atoms with E-state index in [-0.39, 0.29) is 5.82 Å². The van der Waals surface area contributed by atoms with Gasteiger partial charge in [0.1, 0.15) is 11.6 Å². The van der Waals surface area contributed by atoms with Gasteiger partial charge in [0.15, 0.2) is 0 Å². The molecule has 1 aromatic carbocycles. The van der Waals surface area contributed by atoms with Gasteiger partial charge in [-0.1, -0.05) is 6.07 Å². The molecule has 0 aliphatic rings. The molecule has 0 aliphatic carbocycles. The van der Waals surface area contributed by atoms with Crippen molar-refractivity contribution in [1.29, 1.82) is 0 Å². The van der Waals surface area contributed by atoms with Crippen LogP contribution < -0.4 is 4.74 Å². The number of nitrogens with zero attached hydrogens (tertiary/aromatic N) is 1. The summed E-state index contributed by atoms with van der Waals surface area (Å²) in [6.07, 6.45) is 1.56. The average molecular weight is 178 g/mol. The molecule has 66 valence electrons. The molecule has 0 saturated heterocycles. The van der Waals surface area contributed by atoms with Crippen LogP contribution in [0.25, 0.3) is 0 Å². The Morgan fingerprint density at radius 2 is 2.23 bits per heavy atom. The monoisotopic (exact) mass is 178 g/mol. The number of hydrogen-bond donors (Lipinski definition) is 1. The Labute approximate surface area is 74.2 Å². The van der Waals surface area contributed by atoms with E-state index in [0.717, 1.165) is 0 Å². The molecule has 4 heteroatoms. The Bertz CT molecular complexity index is 386. The van der Waals surface area contributed by atoms with E-state index in [4.69, 9.17) is 4.74 Å². The smallest absolute Gasteiger partial charge is 0.215 e. The average Bonchev–Trinajstić information content (AvgIpc) is 2.57. The molecule has 2 aromatic rings. The number of aromatic amines is 1. The minimum Gasteiger partial charge on any atom is -0.439 e. The second kappa shape index (κ2) is 3.26. The number of halogens is 1. The fourth-order valence-corrected chi connectivity index (χ4v) is 0.957. The van der Waals surface area contributed by atoms with Crippen LogP contribution in [0.5, 0.6) is 11.6 Å². The van der Waals surface area contributed by atoms with Crippen LogP contribution in [-0.2, 0) is 0 Å². The van der Waals surface area contributed by atoms with Gasteiger partial charge in [0, 0.05) is 12.1 Å². The third kappa shape index (κ3) is 1.84. The van der Waals surface area contributed by atoms with Crippen molar-refractivity contribution in [2.45, 2.75) is 0 Å². The lowest BCUT2D eigenvalue weighted by atomic mass is 10.3. The van der Waals surface area contributed by atoms with E-state index >= 15 is 0 Å². The summed E-state index contributed by atoms with van der Waals surface area (Å²) in [6, 6.07) is 7.58. The molecule has 1 heterocycles. The fourth-order valence-electron chi connectivity index (χ4n) is 0.957. The van der Waals surface area contributed by atoms with Crippen LogP contribution in [0, 0.1) is 5.82 Å². The molecule has 0 amide bonds. The topological polar surface area (TPSA) is 37.9 Å². The predicted molar refractivity (Wildman–Crippen MR) is 45.1 cm³/mol. The number of H-pyrrole nitrogens is 1. The second-order valence-corrected chi connectivity index (χ2v) is 2.48. The maximum atomic E-state index is 12.7. The van der Waals surface area contributed by atoms with Crippen LogP contribution in [0.2, 0.25) is 0 Å². The van der Waals surface area contributed by atoms with E-state index in [1.807, 2.05) is 0 Å². The summed E-state index contributed by atoms with van der Waals surface area (Å²) in [5.41, 5.74) is 0. The molecule has 0 spiro atoms. The molecule has 0 bridgehead atoms. The van der Waals surface area contributed by atoms with Crippen LogP contribution in [0.3, 0.4) is 0 Å². The largest absolute Gasteiger partial charge is 0.439 e. The summed E-state index contributed by atoms with van der Waals surface area (Å²) in [7, 11) is 0. The van der Waals surface area contributed by atoms with Gasteiger partial charge in [-0.2, -0.15) is 5.10 Å². The third-order valence-electron chi connectivity index (χ3n) is 1.50. The first-order chi connectivity index (χ1) is 6.34. The zero-order valence-electron chi connectivity index (χ0n) is 6.70. The first kappa shape index (κ1) is 7.79. The van der Waals surface area contributed by atoms with Crippen molar-refractivity contribution in [2.24, 2.45) is 0 Å². The van der Waals surface area contributed by atoms with Gasteiger partial charge in [0.2, 0.25) is 5.88 Å². The zero-order chi connectivity index (χ0) is 9.10. The van der Waals surface area contributed by atoms with Gasteiger partial charge in [-0.05, 0) is 12.1 Å². The lowest BCUT2D eigenvalue weighted by Crippen LogP contribution is -1.84. The molecule has 3 nitrogen and oxygen atoms in total. The zero-order valence-corrected chi connectivity index (χ0v) is 6.70. The summed E-state index contributed by atoms with van der Waals surface area (Å²) in [5.74, 6) is 0.617. The van der Waals surface area contributed by atoms with Gasteiger partial charge in [0.25, 0.3) is 0 Å². The first-order valence-electron chi connectivity index (χ1n) is 3.77. The Kier molecular flexibility index (Phi) is 1.96. The highest BCUT2D eigenvalue weighted by molar-refractivity contribution is 5.26. The minimum atomic E-state index is -0.322. The third-order valence-corrected chi connectivity index (χ3v) is 1.50. The number of ether oxygens (including phenoxy) is 1. The summed E-state index contributed by atoms with van der Waals surface area (Å²) >= 11 is 0. The minimum absolute atomic E-state index is 0.322. The highest BCUT2D eigenvalue weighted by Gasteiger charge is 1.98. The fraction of sp³-hybridized carbons (Fsp3) is 0. The number of hydrogen-bond acceptors (Lipinski definition) is 2. The Hall–Kier alpha value is -1.84. The Morgan fingerprint density at radius 1 is 1.31 bits per heavy atom. The molecule has 0 atom stereocenters. The Balaban J connectivity index is 2.19. The SMILES string of the molecule is Fc1cccc(Oc2ccn[nH]2)c1. The second-order valence-electron chi connectivity index (χ2n) is 2.48. The number of rotatable bonds is 2. The summed E-state index contributed by atoms with van der Waals surface area (Å²) in [5, 5.41) is 6.31. The molecule has 13 heavy (non-hydrogen) atoms. The van der Waals surface area contributed by atoms with E-state index in [1.165, 1.54) is 12.1 Å². The van der Waals surface area contributed by atoms with Crippen molar-refractivity contribution in [1.82, 2.24) is 10.2 Å². The molecule has 0 fully saturated rings. The lowest BCUT2D eigenvalue weighted by molar-refractivity contribution is 0.457. The molecule has 0 radical (unpaired) electrons. The molecular weight excluding hydrogens is 171 g/mol. The summed E-state index contributed by atoms with van der Waals surface area (Å²) in [6.45, 7) is 0. The van der Waals surface area contributed by atoms with Gasteiger partial charge < -0.3 is 4.74 Å². The van der Waals surface area contributed by atoms with E-state index in [2.05, 4.69) is 10.2 Å². The van der Waals surface area contributed by atoms with Gasteiger partial charge in [-0.15, -0.1) is 0 Å². The first-order valence-corrected chi connectivity index (χ1v) is 3.77. The standard InChI is InChI=1S/C9H7FN2O/c10-7-2-1-3-8(6-7)13-9-4-5-11-12-9/h1-6H,(H,11,12). The van der Waals surface area contributed by atoms with E-state index in [0.29, 0.717) is 11.6 Å². The van der Waals surface area contributed by atoms with Gasteiger partial charge >= 0.3 is 0 Å². The van der Waals surface area contributed by atoms with Crippen LogP contribution in [0.15, 0.2) is 36.5 Å². The number of nitrogens with one attached hydrogen (secondary N) is 1. The summed E-state index contributed by atoms with van der Waals surface area (Å²) < 4.78 is 17.9. The van der Waals surface area contributed by atoms with Crippen molar-refractivity contribution < 1.29 is 9.13 Å². The van der Waals surface area contributed by atoms with E-state index in [1.54, 1.807) is 24.4 Å². The number of aromatic nitrogens is 2. The summed E-state index contributed by atoms with van der Waals surface area (Å²) in [4.78, 5) is 0. The van der Waals surface area contributed by atoms with Crippen LogP contribution in [-0.4, -0.2) is 10.2 Å².